The van der Waals surface area contributed by atoms with Crippen LogP contribution in [0.15, 0.2) is 48.5 Å². The van der Waals surface area contributed by atoms with Gasteiger partial charge in [0.25, 0.3) is 5.91 Å². The number of halogens is 1. The highest BCUT2D eigenvalue weighted by molar-refractivity contribution is 6.30. The van der Waals surface area contributed by atoms with Crippen LogP contribution in [0.1, 0.15) is 28.9 Å². The van der Waals surface area contributed by atoms with Crippen LogP contribution in [0.25, 0.3) is 0 Å². The number of para-hydroxylation sites is 1. The summed E-state index contributed by atoms with van der Waals surface area (Å²) < 4.78 is 0. The minimum absolute atomic E-state index is 0.0790. The van der Waals surface area contributed by atoms with Crippen molar-refractivity contribution >= 4 is 29.1 Å². The van der Waals surface area contributed by atoms with Crippen LogP contribution in [0.4, 0.5) is 5.69 Å². The minimum Gasteiger partial charge on any atom is -0.376 e. The van der Waals surface area contributed by atoms with Crippen molar-refractivity contribution in [3.63, 3.8) is 0 Å². The van der Waals surface area contributed by atoms with E-state index in [1.807, 2.05) is 25.1 Å². The Morgan fingerprint density at radius 1 is 1.08 bits per heavy atom. The highest BCUT2D eigenvalue weighted by Crippen LogP contribution is 2.17. The van der Waals surface area contributed by atoms with Crippen molar-refractivity contribution in [3.8, 4) is 0 Å². The van der Waals surface area contributed by atoms with E-state index in [2.05, 4.69) is 10.6 Å². The third-order valence-corrected chi connectivity index (χ3v) is 4.00. The standard InChI is InChI=1S/C19H22ClN3O2/c1-13(14-8-10-15(20)11-9-14)22-18(24)12-21-17-7-5-4-6-16(17)19(25)23(2)3/h4-11,13,21H,12H2,1-3H3,(H,22,24). The molecule has 6 heteroatoms. The van der Waals surface area contributed by atoms with Crippen LogP contribution in [-0.2, 0) is 4.79 Å². The molecule has 0 aromatic heterocycles. The molecule has 0 saturated carbocycles. The summed E-state index contributed by atoms with van der Waals surface area (Å²) >= 11 is 5.87. The predicted octanol–water partition coefficient (Wildman–Crippen LogP) is 3.33. The maximum atomic E-state index is 12.2. The Morgan fingerprint density at radius 3 is 2.36 bits per heavy atom. The summed E-state index contributed by atoms with van der Waals surface area (Å²) in [5.41, 5.74) is 2.14. The smallest absolute Gasteiger partial charge is 0.255 e. The van der Waals surface area contributed by atoms with Crippen LogP contribution in [0.2, 0.25) is 5.02 Å². The number of carbonyl (C=O) groups excluding carboxylic acids is 2. The zero-order valence-corrected chi connectivity index (χ0v) is 15.3. The van der Waals surface area contributed by atoms with Crippen molar-refractivity contribution in [1.82, 2.24) is 10.2 Å². The third-order valence-electron chi connectivity index (χ3n) is 3.75. The number of nitrogens with one attached hydrogen (secondary N) is 2. The fraction of sp³-hybridized carbons (Fsp3) is 0.263. The largest absolute Gasteiger partial charge is 0.376 e. The molecule has 0 spiro atoms. The molecule has 0 radical (unpaired) electrons. The van der Waals surface area contributed by atoms with E-state index in [4.69, 9.17) is 11.6 Å². The van der Waals surface area contributed by atoms with Gasteiger partial charge in [0, 0.05) is 24.8 Å². The van der Waals surface area contributed by atoms with Crippen LogP contribution in [-0.4, -0.2) is 37.4 Å². The molecule has 2 aromatic carbocycles. The van der Waals surface area contributed by atoms with Gasteiger partial charge in [0.05, 0.1) is 18.2 Å². The van der Waals surface area contributed by atoms with Crippen molar-refractivity contribution in [2.75, 3.05) is 26.0 Å². The van der Waals surface area contributed by atoms with Crippen LogP contribution in [0.5, 0.6) is 0 Å². The highest BCUT2D eigenvalue weighted by atomic mass is 35.5. The first-order valence-corrected chi connectivity index (χ1v) is 8.35. The van der Waals surface area contributed by atoms with Gasteiger partial charge < -0.3 is 15.5 Å². The van der Waals surface area contributed by atoms with Gasteiger partial charge >= 0.3 is 0 Å². The molecule has 0 aliphatic rings. The van der Waals surface area contributed by atoms with Gasteiger partial charge in [0.2, 0.25) is 5.91 Å². The van der Waals surface area contributed by atoms with E-state index < -0.39 is 0 Å². The molecule has 0 bridgehead atoms. The lowest BCUT2D eigenvalue weighted by Crippen LogP contribution is -2.32. The van der Waals surface area contributed by atoms with Crippen molar-refractivity contribution in [1.29, 1.82) is 0 Å². The molecular formula is C19H22ClN3O2. The zero-order chi connectivity index (χ0) is 18.4. The van der Waals surface area contributed by atoms with Crippen molar-refractivity contribution in [2.24, 2.45) is 0 Å². The maximum Gasteiger partial charge on any atom is 0.255 e. The fourth-order valence-electron chi connectivity index (χ4n) is 2.37. The fourth-order valence-corrected chi connectivity index (χ4v) is 2.49. The van der Waals surface area contributed by atoms with Crippen LogP contribution < -0.4 is 10.6 Å². The Kier molecular flexibility index (Phi) is 6.42. The Hall–Kier alpha value is -2.53. The first-order valence-electron chi connectivity index (χ1n) is 7.98. The first kappa shape index (κ1) is 18.8. The third kappa shape index (κ3) is 5.22. The number of anilines is 1. The summed E-state index contributed by atoms with van der Waals surface area (Å²) in [4.78, 5) is 25.9. The number of hydrogen-bond donors (Lipinski definition) is 2. The summed E-state index contributed by atoms with van der Waals surface area (Å²) in [7, 11) is 3.39. The Labute approximate surface area is 153 Å². The molecule has 0 aliphatic heterocycles. The molecular weight excluding hydrogens is 338 g/mol. The quantitative estimate of drug-likeness (QED) is 0.831. The molecule has 2 N–H and O–H groups in total. The predicted molar refractivity (Wildman–Crippen MR) is 101 cm³/mol. The zero-order valence-electron chi connectivity index (χ0n) is 14.5. The number of nitrogens with zero attached hydrogens (tertiary/aromatic N) is 1. The normalized spacial score (nSPS) is 11.5. The molecule has 132 valence electrons. The second-order valence-electron chi connectivity index (χ2n) is 5.94. The summed E-state index contributed by atoms with van der Waals surface area (Å²) in [5, 5.41) is 6.61. The van der Waals surface area contributed by atoms with E-state index in [1.165, 1.54) is 4.90 Å². The molecule has 1 unspecified atom stereocenters. The second kappa shape index (κ2) is 8.53. The number of amides is 2. The first-order chi connectivity index (χ1) is 11.9. The van der Waals surface area contributed by atoms with Crippen LogP contribution >= 0.6 is 11.6 Å². The van der Waals surface area contributed by atoms with Gasteiger partial charge in [0.15, 0.2) is 0 Å². The van der Waals surface area contributed by atoms with E-state index in [-0.39, 0.29) is 24.4 Å². The van der Waals surface area contributed by atoms with E-state index in [0.717, 1.165) is 5.56 Å². The number of rotatable bonds is 6. The number of carbonyl (C=O) groups is 2. The van der Waals surface area contributed by atoms with Crippen molar-refractivity contribution in [2.45, 2.75) is 13.0 Å². The summed E-state index contributed by atoms with van der Waals surface area (Å²) in [5.74, 6) is -0.271. The van der Waals surface area contributed by atoms with Crippen LogP contribution in [0.3, 0.4) is 0 Å². The van der Waals surface area contributed by atoms with Gasteiger partial charge in [-0.05, 0) is 36.8 Å². The average Bonchev–Trinajstić information content (AvgIpc) is 2.60. The molecule has 2 aromatic rings. The molecule has 25 heavy (non-hydrogen) atoms. The Bertz CT molecular complexity index is 745. The van der Waals surface area contributed by atoms with E-state index in [9.17, 15) is 9.59 Å². The highest BCUT2D eigenvalue weighted by Gasteiger charge is 2.14. The molecule has 0 fully saturated rings. The lowest BCUT2D eigenvalue weighted by molar-refractivity contribution is -0.120. The van der Waals surface area contributed by atoms with Crippen molar-refractivity contribution in [3.05, 3.63) is 64.7 Å². The van der Waals surface area contributed by atoms with Gasteiger partial charge in [0.1, 0.15) is 0 Å². The van der Waals surface area contributed by atoms with Gasteiger partial charge in [-0.3, -0.25) is 9.59 Å². The minimum atomic E-state index is -0.158. The SMILES string of the molecule is CC(NC(=O)CNc1ccccc1C(=O)N(C)C)c1ccc(Cl)cc1. The van der Waals surface area contributed by atoms with Crippen molar-refractivity contribution < 1.29 is 9.59 Å². The van der Waals surface area contributed by atoms with Gasteiger partial charge in [-0.1, -0.05) is 35.9 Å². The van der Waals surface area contributed by atoms with Gasteiger partial charge in [-0.15, -0.1) is 0 Å². The van der Waals surface area contributed by atoms with Crippen LogP contribution in [0, 0.1) is 0 Å². The maximum absolute atomic E-state index is 12.2. The Morgan fingerprint density at radius 2 is 1.72 bits per heavy atom. The average molecular weight is 360 g/mol. The lowest BCUT2D eigenvalue weighted by atomic mass is 10.1. The molecule has 0 aliphatic carbocycles. The molecule has 5 nitrogen and oxygen atoms in total. The van der Waals surface area contributed by atoms with E-state index >= 15 is 0 Å². The summed E-state index contributed by atoms with van der Waals surface area (Å²) in [6.45, 7) is 1.99. The Balaban J connectivity index is 1.96. The van der Waals surface area contributed by atoms with E-state index in [0.29, 0.717) is 16.3 Å². The second-order valence-corrected chi connectivity index (χ2v) is 6.38. The van der Waals surface area contributed by atoms with Gasteiger partial charge in [-0.2, -0.15) is 0 Å². The molecule has 0 heterocycles. The molecule has 0 saturated heterocycles. The number of benzene rings is 2. The van der Waals surface area contributed by atoms with Gasteiger partial charge in [-0.25, -0.2) is 0 Å². The van der Waals surface area contributed by atoms with E-state index in [1.54, 1.807) is 44.4 Å². The molecule has 2 rings (SSSR count). The topological polar surface area (TPSA) is 61.4 Å². The molecule has 1 atom stereocenters. The lowest BCUT2D eigenvalue weighted by Gasteiger charge is -2.17. The molecule has 2 amide bonds. The summed E-state index contributed by atoms with van der Waals surface area (Å²) in [6.07, 6.45) is 0. The summed E-state index contributed by atoms with van der Waals surface area (Å²) in [6, 6.07) is 14.4. The monoisotopic (exact) mass is 359 g/mol. The number of hydrogen-bond acceptors (Lipinski definition) is 3.